The first kappa shape index (κ1) is 17.0. The summed E-state index contributed by atoms with van der Waals surface area (Å²) in [6.07, 6.45) is 0. The Kier molecular flexibility index (Phi) is 4.42. The van der Waals surface area contributed by atoms with Crippen molar-refractivity contribution in [2.75, 3.05) is 5.43 Å². The van der Waals surface area contributed by atoms with Crippen molar-refractivity contribution in [3.8, 4) is 11.3 Å². The van der Waals surface area contributed by atoms with Crippen molar-refractivity contribution in [3.63, 3.8) is 0 Å². The van der Waals surface area contributed by atoms with E-state index in [0.717, 1.165) is 44.6 Å². The average molecular weight is 356 g/mol. The van der Waals surface area contributed by atoms with Crippen LogP contribution in [0.25, 0.3) is 22.3 Å². The highest BCUT2D eigenvalue weighted by atomic mass is 16.3. The molecule has 0 aliphatic rings. The third kappa shape index (κ3) is 3.72. The SMILES string of the molecule is Cc1ccc2oc(-c3ccccc3)c/c(=N\Nc3nc(C)cc(C)n3)c2c1. The fourth-order valence-electron chi connectivity index (χ4n) is 3.01. The molecule has 0 amide bonds. The number of benzene rings is 2. The van der Waals surface area contributed by atoms with Crippen LogP contribution in [0.1, 0.15) is 17.0 Å². The second-order valence-electron chi connectivity index (χ2n) is 6.56. The Labute approximate surface area is 157 Å². The van der Waals surface area contributed by atoms with E-state index in [1.54, 1.807) is 0 Å². The minimum Gasteiger partial charge on any atom is -0.456 e. The molecule has 1 N–H and O–H groups in total. The number of aromatic nitrogens is 2. The van der Waals surface area contributed by atoms with Gasteiger partial charge in [0, 0.05) is 28.4 Å². The number of nitrogens with zero attached hydrogens (tertiary/aromatic N) is 3. The van der Waals surface area contributed by atoms with Crippen molar-refractivity contribution in [1.29, 1.82) is 0 Å². The monoisotopic (exact) mass is 356 g/mol. The van der Waals surface area contributed by atoms with Gasteiger partial charge in [0.25, 0.3) is 0 Å². The summed E-state index contributed by atoms with van der Waals surface area (Å²) in [5, 5.41) is 6.29. The van der Waals surface area contributed by atoms with Gasteiger partial charge in [-0.3, -0.25) is 0 Å². The maximum absolute atomic E-state index is 6.11. The van der Waals surface area contributed by atoms with Gasteiger partial charge in [0.1, 0.15) is 11.3 Å². The van der Waals surface area contributed by atoms with Gasteiger partial charge in [-0.05, 0) is 39.0 Å². The highest BCUT2D eigenvalue weighted by Crippen LogP contribution is 2.22. The molecule has 0 saturated carbocycles. The van der Waals surface area contributed by atoms with Crippen LogP contribution in [0.3, 0.4) is 0 Å². The molecule has 0 spiro atoms. The topological polar surface area (TPSA) is 63.3 Å². The zero-order chi connectivity index (χ0) is 18.8. The van der Waals surface area contributed by atoms with Crippen molar-refractivity contribution in [2.45, 2.75) is 20.8 Å². The Morgan fingerprint density at radius 3 is 2.33 bits per heavy atom. The molecule has 0 unspecified atom stereocenters. The lowest BCUT2D eigenvalue weighted by Crippen LogP contribution is -2.09. The van der Waals surface area contributed by atoms with E-state index in [0.29, 0.717) is 5.95 Å². The normalized spacial score (nSPS) is 11.7. The van der Waals surface area contributed by atoms with Crippen molar-refractivity contribution >= 4 is 16.9 Å². The molecule has 2 aromatic heterocycles. The zero-order valence-corrected chi connectivity index (χ0v) is 15.5. The Morgan fingerprint density at radius 1 is 0.852 bits per heavy atom. The molecular formula is C22H20N4O. The molecule has 0 saturated heterocycles. The first-order chi connectivity index (χ1) is 13.1. The van der Waals surface area contributed by atoms with Crippen LogP contribution in [0.4, 0.5) is 5.95 Å². The number of hydrogen-bond acceptors (Lipinski definition) is 5. The highest BCUT2D eigenvalue weighted by molar-refractivity contribution is 5.79. The van der Waals surface area contributed by atoms with Crippen molar-refractivity contribution < 1.29 is 4.42 Å². The van der Waals surface area contributed by atoms with Crippen LogP contribution in [-0.2, 0) is 0 Å². The molecule has 4 rings (SSSR count). The van der Waals surface area contributed by atoms with Gasteiger partial charge >= 0.3 is 0 Å². The number of nitrogens with one attached hydrogen (secondary N) is 1. The molecule has 5 nitrogen and oxygen atoms in total. The third-order valence-electron chi connectivity index (χ3n) is 4.22. The van der Waals surface area contributed by atoms with Crippen LogP contribution < -0.4 is 10.8 Å². The predicted octanol–water partition coefficient (Wildman–Crippen LogP) is 4.74. The van der Waals surface area contributed by atoms with Gasteiger partial charge in [-0.25, -0.2) is 15.4 Å². The summed E-state index contributed by atoms with van der Waals surface area (Å²) in [5.41, 5.74) is 7.71. The first-order valence-corrected chi connectivity index (χ1v) is 8.80. The molecule has 0 aliphatic heterocycles. The summed E-state index contributed by atoms with van der Waals surface area (Å²) in [4.78, 5) is 8.78. The van der Waals surface area contributed by atoms with Crippen LogP contribution >= 0.6 is 0 Å². The molecule has 5 heteroatoms. The van der Waals surface area contributed by atoms with Crippen LogP contribution in [0.15, 0.2) is 70.2 Å². The average Bonchev–Trinajstić information content (AvgIpc) is 2.66. The van der Waals surface area contributed by atoms with Gasteiger partial charge in [-0.2, -0.15) is 5.10 Å². The van der Waals surface area contributed by atoms with E-state index in [1.807, 2.05) is 68.4 Å². The van der Waals surface area contributed by atoms with Crippen molar-refractivity contribution in [2.24, 2.45) is 5.10 Å². The smallest absolute Gasteiger partial charge is 0.243 e. The van der Waals surface area contributed by atoms with E-state index in [4.69, 9.17) is 4.42 Å². The maximum atomic E-state index is 6.11. The summed E-state index contributed by atoms with van der Waals surface area (Å²) in [6.45, 7) is 5.93. The largest absolute Gasteiger partial charge is 0.456 e. The fourth-order valence-corrected chi connectivity index (χ4v) is 3.01. The van der Waals surface area contributed by atoms with E-state index < -0.39 is 0 Å². The maximum Gasteiger partial charge on any atom is 0.243 e. The zero-order valence-electron chi connectivity index (χ0n) is 15.5. The van der Waals surface area contributed by atoms with Crippen LogP contribution in [0, 0.1) is 20.8 Å². The lowest BCUT2D eigenvalue weighted by Gasteiger charge is -2.06. The minimum absolute atomic E-state index is 0.482. The van der Waals surface area contributed by atoms with Crippen LogP contribution in [0.5, 0.6) is 0 Å². The Morgan fingerprint density at radius 2 is 1.59 bits per heavy atom. The number of rotatable bonds is 3. The van der Waals surface area contributed by atoms with Gasteiger partial charge in [0.15, 0.2) is 0 Å². The highest BCUT2D eigenvalue weighted by Gasteiger charge is 2.06. The standard InChI is InChI=1S/C22H20N4O/c1-14-9-10-20-18(11-14)19(13-21(27-20)17-7-5-4-6-8-17)25-26-22-23-15(2)12-16(3)24-22/h4-13H,1-3H3,(H,23,24,26)/b25-19+. The molecule has 27 heavy (non-hydrogen) atoms. The lowest BCUT2D eigenvalue weighted by molar-refractivity contribution is 0.618. The lowest BCUT2D eigenvalue weighted by atomic mass is 10.1. The van der Waals surface area contributed by atoms with Gasteiger partial charge in [-0.15, -0.1) is 0 Å². The number of fused-ring (bicyclic) bond motifs is 1. The molecule has 0 aliphatic carbocycles. The van der Waals surface area contributed by atoms with Crippen LogP contribution in [0.2, 0.25) is 0 Å². The molecule has 0 radical (unpaired) electrons. The summed E-state index contributed by atoms with van der Waals surface area (Å²) in [6, 6.07) is 19.9. The first-order valence-electron chi connectivity index (χ1n) is 8.80. The van der Waals surface area contributed by atoms with E-state index >= 15 is 0 Å². The predicted molar refractivity (Wildman–Crippen MR) is 107 cm³/mol. The van der Waals surface area contributed by atoms with Gasteiger partial charge in [-0.1, -0.05) is 42.0 Å². The number of aryl methyl sites for hydroxylation is 3. The summed E-state index contributed by atoms with van der Waals surface area (Å²) in [5.74, 6) is 1.24. The molecule has 2 aromatic carbocycles. The van der Waals surface area contributed by atoms with Gasteiger partial charge in [0.05, 0.1) is 5.36 Å². The molecule has 2 heterocycles. The molecule has 0 fully saturated rings. The van der Waals surface area contributed by atoms with E-state index in [2.05, 4.69) is 33.5 Å². The Balaban J connectivity index is 1.87. The summed E-state index contributed by atoms with van der Waals surface area (Å²) in [7, 11) is 0. The quantitative estimate of drug-likeness (QED) is 0.538. The molecule has 0 bridgehead atoms. The van der Waals surface area contributed by atoms with Gasteiger partial charge in [0.2, 0.25) is 5.95 Å². The molecule has 4 aromatic rings. The Hall–Kier alpha value is -3.47. The van der Waals surface area contributed by atoms with Crippen LogP contribution in [-0.4, -0.2) is 9.97 Å². The number of anilines is 1. The van der Waals surface area contributed by atoms with Crippen molar-refractivity contribution in [1.82, 2.24) is 9.97 Å². The summed E-state index contributed by atoms with van der Waals surface area (Å²) >= 11 is 0. The van der Waals surface area contributed by atoms with Crippen molar-refractivity contribution in [3.05, 3.63) is 83.0 Å². The second kappa shape index (κ2) is 7.03. The fraction of sp³-hybridized carbons (Fsp3) is 0.136. The summed E-state index contributed by atoms with van der Waals surface area (Å²) < 4.78 is 6.11. The molecule has 0 atom stereocenters. The third-order valence-corrected chi connectivity index (χ3v) is 4.22. The Bertz CT molecular complexity index is 1160. The second-order valence-corrected chi connectivity index (χ2v) is 6.56. The van der Waals surface area contributed by atoms with Gasteiger partial charge < -0.3 is 4.42 Å². The number of hydrogen-bond donors (Lipinski definition) is 1. The van der Waals surface area contributed by atoms with E-state index in [1.165, 1.54) is 0 Å². The van der Waals surface area contributed by atoms with E-state index in [9.17, 15) is 0 Å². The molecular weight excluding hydrogens is 336 g/mol. The molecule has 134 valence electrons. The minimum atomic E-state index is 0.482. The van der Waals surface area contributed by atoms with E-state index in [-0.39, 0.29) is 0 Å².